The van der Waals surface area contributed by atoms with Gasteiger partial charge in [0.25, 0.3) is 0 Å². The number of amides is 1. The highest BCUT2D eigenvalue weighted by Crippen LogP contribution is 2.23. The summed E-state index contributed by atoms with van der Waals surface area (Å²) in [5, 5.41) is 14.7. The number of imidazole rings is 1. The number of fused-ring (bicyclic) bond motifs is 1. The zero-order valence-electron chi connectivity index (χ0n) is 18.4. The first kappa shape index (κ1) is 20.6. The molecule has 1 N–H and O–H groups in total. The maximum absolute atomic E-state index is 12.8. The lowest BCUT2D eigenvalue weighted by molar-refractivity contribution is -0.116. The number of aryl methyl sites for hydroxylation is 3. The molecule has 0 atom stereocenters. The Kier molecular flexibility index (Phi) is 5.40. The Morgan fingerprint density at radius 3 is 2.55 bits per heavy atom. The summed E-state index contributed by atoms with van der Waals surface area (Å²) in [5.41, 5.74) is 5.52. The fourth-order valence-electron chi connectivity index (χ4n) is 3.93. The van der Waals surface area contributed by atoms with Crippen molar-refractivity contribution < 1.29 is 4.79 Å². The summed E-state index contributed by atoms with van der Waals surface area (Å²) in [6, 6.07) is 23.8. The van der Waals surface area contributed by atoms with E-state index in [1.807, 2.05) is 86.6 Å². The Balaban J connectivity index is 1.36. The zero-order valence-corrected chi connectivity index (χ0v) is 18.4. The summed E-state index contributed by atoms with van der Waals surface area (Å²) >= 11 is 0. The van der Waals surface area contributed by atoms with Crippen LogP contribution < -0.4 is 5.32 Å². The lowest BCUT2D eigenvalue weighted by atomic mass is 10.1. The molecule has 3 aromatic carbocycles. The molecule has 0 saturated heterocycles. The Morgan fingerprint density at radius 2 is 1.76 bits per heavy atom. The minimum atomic E-state index is -0.0788. The van der Waals surface area contributed by atoms with Crippen molar-refractivity contribution in [3.05, 3.63) is 90.0 Å². The number of hydrogen-bond acceptors (Lipinski definition) is 5. The third-order valence-corrected chi connectivity index (χ3v) is 5.57. The Labute approximate surface area is 190 Å². The third kappa shape index (κ3) is 4.10. The quantitative estimate of drug-likeness (QED) is 0.430. The summed E-state index contributed by atoms with van der Waals surface area (Å²) < 4.78 is 3.78. The Morgan fingerprint density at radius 1 is 0.970 bits per heavy atom. The second-order valence-corrected chi connectivity index (χ2v) is 7.88. The number of aromatic nitrogens is 6. The molecule has 33 heavy (non-hydrogen) atoms. The minimum Gasteiger partial charge on any atom is -0.326 e. The normalized spacial score (nSPS) is 11.1. The van der Waals surface area contributed by atoms with E-state index in [-0.39, 0.29) is 5.91 Å². The molecule has 0 saturated carbocycles. The van der Waals surface area contributed by atoms with Gasteiger partial charge in [-0.25, -0.2) is 4.98 Å². The van der Waals surface area contributed by atoms with Crippen molar-refractivity contribution in [1.82, 2.24) is 29.8 Å². The molecular weight excluding hydrogens is 414 g/mol. The highest BCUT2D eigenvalue weighted by molar-refractivity contribution is 5.91. The van der Waals surface area contributed by atoms with Crippen LogP contribution >= 0.6 is 0 Å². The first-order valence-corrected chi connectivity index (χ1v) is 10.8. The summed E-state index contributed by atoms with van der Waals surface area (Å²) in [6.45, 7) is 3.82. The van der Waals surface area contributed by atoms with Crippen molar-refractivity contribution in [3.63, 3.8) is 0 Å². The molecule has 0 radical (unpaired) electrons. The van der Waals surface area contributed by atoms with E-state index in [0.29, 0.717) is 24.4 Å². The van der Waals surface area contributed by atoms with Gasteiger partial charge in [-0.1, -0.05) is 36.4 Å². The highest BCUT2D eigenvalue weighted by Gasteiger charge is 2.14. The molecule has 8 heteroatoms. The lowest BCUT2D eigenvalue weighted by Crippen LogP contribution is -2.14. The molecule has 2 heterocycles. The van der Waals surface area contributed by atoms with Gasteiger partial charge in [0.15, 0.2) is 5.82 Å². The van der Waals surface area contributed by atoms with E-state index in [9.17, 15) is 4.79 Å². The van der Waals surface area contributed by atoms with Gasteiger partial charge in [-0.3, -0.25) is 9.36 Å². The number of para-hydroxylation sites is 3. The second-order valence-electron chi connectivity index (χ2n) is 7.88. The van der Waals surface area contributed by atoms with E-state index in [1.165, 1.54) is 0 Å². The topological polar surface area (TPSA) is 90.5 Å². The average Bonchev–Trinajstić information content (AvgIpc) is 3.42. The summed E-state index contributed by atoms with van der Waals surface area (Å²) in [7, 11) is 0. The number of nitrogens with zero attached hydrogens (tertiary/aromatic N) is 6. The predicted molar refractivity (Wildman–Crippen MR) is 127 cm³/mol. The van der Waals surface area contributed by atoms with Gasteiger partial charge < -0.3 is 5.32 Å². The average molecular weight is 438 g/mol. The Hall–Kier alpha value is -4.33. The summed E-state index contributed by atoms with van der Waals surface area (Å²) in [4.78, 5) is 17.6. The molecule has 164 valence electrons. The molecule has 1 amide bonds. The fraction of sp³-hybridized carbons (Fsp3) is 0.160. The van der Waals surface area contributed by atoms with Crippen molar-refractivity contribution in [2.45, 2.75) is 26.7 Å². The standard InChI is InChI=1S/C25H23N7O/c1-17-12-13-19(16-23(17)32-18(2)28-29-30-32)26-25(33)15-14-24-27-21-10-6-7-11-22(21)31(24)20-8-4-3-5-9-20/h3-13,16H,14-15H2,1-2H3,(H,26,33). The molecule has 2 aromatic heterocycles. The first-order valence-electron chi connectivity index (χ1n) is 10.8. The van der Waals surface area contributed by atoms with E-state index in [2.05, 4.69) is 25.4 Å². The largest absolute Gasteiger partial charge is 0.326 e. The monoisotopic (exact) mass is 437 g/mol. The van der Waals surface area contributed by atoms with E-state index < -0.39 is 0 Å². The lowest BCUT2D eigenvalue weighted by Gasteiger charge is -2.11. The molecule has 0 aliphatic rings. The van der Waals surface area contributed by atoms with E-state index in [0.717, 1.165) is 33.8 Å². The molecule has 5 aromatic rings. The van der Waals surface area contributed by atoms with Crippen molar-refractivity contribution >= 4 is 22.6 Å². The predicted octanol–water partition coefficient (Wildman–Crippen LogP) is 4.19. The minimum absolute atomic E-state index is 0.0788. The van der Waals surface area contributed by atoms with E-state index in [4.69, 9.17) is 4.98 Å². The highest BCUT2D eigenvalue weighted by atomic mass is 16.1. The van der Waals surface area contributed by atoms with Crippen LogP contribution in [0.5, 0.6) is 0 Å². The molecule has 0 aliphatic carbocycles. The SMILES string of the molecule is Cc1ccc(NC(=O)CCc2nc3ccccc3n2-c2ccccc2)cc1-n1nnnc1C. The number of hydrogen-bond donors (Lipinski definition) is 1. The number of benzene rings is 3. The molecule has 5 rings (SSSR count). The van der Waals surface area contributed by atoms with Crippen LogP contribution in [0.3, 0.4) is 0 Å². The van der Waals surface area contributed by atoms with Crippen molar-refractivity contribution in [2.24, 2.45) is 0 Å². The van der Waals surface area contributed by atoms with Crippen LogP contribution in [0, 0.1) is 13.8 Å². The molecule has 0 spiro atoms. The second kappa shape index (κ2) is 8.66. The van der Waals surface area contributed by atoms with Gasteiger partial charge in [-0.05, 0) is 66.2 Å². The summed E-state index contributed by atoms with van der Waals surface area (Å²) in [6.07, 6.45) is 0.823. The van der Waals surface area contributed by atoms with Crippen molar-refractivity contribution in [2.75, 3.05) is 5.32 Å². The van der Waals surface area contributed by atoms with Gasteiger partial charge >= 0.3 is 0 Å². The first-order chi connectivity index (χ1) is 16.1. The number of carbonyl (C=O) groups is 1. The number of anilines is 1. The van der Waals surface area contributed by atoms with Crippen LogP contribution in [0.15, 0.2) is 72.8 Å². The van der Waals surface area contributed by atoms with Gasteiger partial charge in [0.1, 0.15) is 5.82 Å². The van der Waals surface area contributed by atoms with Crippen LogP contribution in [0.25, 0.3) is 22.4 Å². The number of rotatable bonds is 6. The molecule has 0 aliphatic heterocycles. The number of carbonyl (C=O) groups excluding carboxylic acids is 1. The van der Waals surface area contributed by atoms with E-state index in [1.54, 1.807) is 4.68 Å². The van der Waals surface area contributed by atoms with Gasteiger partial charge in [0, 0.05) is 24.2 Å². The van der Waals surface area contributed by atoms with Crippen LogP contribution in [0.1, 0.15) is 23.6 Å². The fourth-order valence-corrected chi connectivity index (χ4v) is 3.93. The van der Waals surface area contributed by atoms with Crippen molar-refractivity contribution in [1.29, 1.82) is 0 Å². The zero-order chi connectivity index (χ0) is 22.8. The van der Waals surface area contributed by atoms with Crippen LogP contribution in [0.2, 0.25) is 0 Å². The van der Waals surface area contributed by atoms with Gasteiger partial charge in [-0.15, -0.1) is 5.10 Å². The number of tetrazole rings is 1. The molecule has 0 fully saturated rings. The van der Waals surface area contributed by atoms with Crippen LogP contribution in [-0.2, 0) is 11.2 Å². The number of nitrogens with one attached hydrogen (secondary N) is 1. The Bertz CT molecular complexity index is 1440. The molecule has 0 unspecified atom stereocenters. The van der Waals surface area contributed by atoms with Crippen LogP contribution in [0.4, 0.5) is 5.69 Å². The van der Waals surface area contributed by atoms with Gasteiger partial charge in [0.2, 0.25) is 5.91 Å². The summed E-state index contributed by atoms with van der Waals surface area (Å²) in [5.74, 6) is 1.46. The van der Waals surface area contributed by atoms with Crippen molar-refractivity contribution in [3.8, 4) is 11.4 Å². The molecular formula is C25H23N7O. The van der Waals surface area contributed by atoms with Crippen LogP contribution in [-0.4, -0.2) is 35.7 Å². The molecule has 8 nitrogen and oxygen atoms in total. The van der Waals surface area contributed by atoms with Gasteiger partial charge in [-0.2, -0.15) is 4.68 Å². The maximum Gasteiger partial charge on any atom is 0.224 e. The smallest absolute Gasteiger partial charge is 0.224 e. The van der Waals surface area contributed by atoms with E-state index >= 15 is 0 Å². The molecule has 0 bridgehead atoms. The third-order valence-electron chi connectivity index (χ3n) is 5.57. The maximum atomic E-state index is 12.8. The van der Waals surface area contributed by atoms with Gasteiger partial charge in [0.05, 0.1) is 16.7 Å².